The van der Waals surface area contributed by atoms with Gasteiger partial charge >= 0.3 is 0 Å². The van der Waals surface area contributed by atoms with Crippen molar-refractivity contribution < 1.29 is 4.79 Å². The Labute approximate surface area is 96.0 Å². The van der Waals surface area contributed by atoms with E-state index in [0.717, 1.165) is 25.2 Å². The minimum Gasteiger partial charge on any atom is -0.353 e. The predicted octanol–water partition coefficient (Wildman–Crippen LogP) is 0.641. The Kier molecular flexibility index (Phi) is 3.62. The fourth-order valence-electron chi connectivity index (χ4n) is 2.09. The van der Waals surface area contributed by atoms with Crippen LogP contribution in [0.4, 0.5) is 0 Å². The van der Waals surface area contributed by atoms with Crippen LogP contribution in [0.25, 0.3) is 0 Å². The summed E-state index contributed by atoms with van der Waals surface area (Å²) in [4.78, 5) is 11.7. The van der Waals surface area contributed by atoms with Gasteiger partial charge in [0.25, 0.3) is 0 Å². The molecule has 1 aliphatic heterocycles. The van der Waals surface area contributed by atoms with E-state index in [9.17, 15) is 4.79 Å². The van der Waals surface area contributed by atoms with Crippen molar-refractivity contribution >= 4 is 5.91 Å². The monoisotopic (exact) mass is 221 g/mol. The first-order chi connectivity index (χ1) is 7.75. The maximum absolute atomic E-state index is 11.7. The van der Waals surface area contributed by atoms with E-state index < -0.39 is 0 Å². The van der Waals surface area contributed by atoms with E-state index in [2.05, 4.69) is 10.6 Å². The van der Waals surface area contributed by atoms with Crippen molar-refractivity contribution in [1.29, 1.82) is 0 Å². The molecule has 1 aliphatic rings. The first kappa shape index (κ1) is 11.2. The summed E-state index contributed by atoms with van der Waals surface area (Å²) in [6.07, 6.45) is 3.76. The summed E-state index contributed by atoms with van der Waals surface area (Å²) < 4.78 is 2.03. The van der Waals surface area contributed by atoms with Crippen LogP contribution in [0.2, 0.25) is 0 Å². The number of nitrogens with one attached hydrogen (secondary N) is 2. The van der Waals surface area contributed by atoms with Crippen molar-refractivity contribution in [3.63, 3.8) is 0 Å². The summed E-state index contributed by atoms with van der Waals surface area (Å²) in [7, 11) is 1.99. The van der Waals surface area contributed by atoms with Gasteiger partial charge in [-0.25, -0.2) is 0 Å². The van der Waals surface area contributed by atoms with E-state index >= 15 is 0 Å². The Morgan fingerprint density at radius 3 is 3.19 bits per heavy atom. The minimum absolute atomic E-state index is 0.162. The van der Waals surface area contributed by atoms with Crippen LogP contribution in [0.3, 0.4) is 0 Å². The first-order valence-corrected chi connectivity index (χ1v) is 5.83. The van der Waals surface area contributed by atoms with Crippen LogP contribution in [0.1, 0.15) is 18.5 Å². The zero-order chi connectivity index (χ0) is 11.4. The molecule has 4 nitrogen and oxygen atoms in total. The van der Waals surface area contributed by atoms with Gasteiger partial charge < -0.3 is 15.2 Å². The number of carbonyl (C=O) groups excluding carboxylic acids is 1. The third kappa shape index (κ3) is 2.85. The van der Waals surface area contributed by atoms with Crippen LogP contribution < -0.4 is 10.6 Å². The number of nitrogens with zero attached hydrogens (tertiary/aromatic N) is 1. The van der Waals surface area contributed by atoms with Gasteiger partial charge in [0.05, 0.1) is 6.54 Å². The number of hydrogen-bond donors (Lipinski definition) is 2. The second-order valence-corrected chi connectivity index (χ2v) is 4.45. The summed E-state index contributed by atoms with van der Waals surface area (Å²) in [5, 5.41) is 6.24. The van der Waals surface area contributed by atoms with Gasteiger partial charge in [-0.3, -0.25) is 4.79 Å². The number of rotatable bonds is 4. The van der Waals surface area contributed by atoms with Gasteiger partial charge in [0.2, 0.25) is 5.91 Å². The van der Waals surface area contributed by atoms with Crippen LogP contribution >= 0.6 is 0 Å². The molecule has 0 aliphatic carbocycles. The lowest BCUT2D eigenvalue weighted by molar-refractivity contribution is -0.122. The largest absolute Gasteiger partial charge is 0.353 e. The van der Waals surface area contributed by atoms with E-state index in [-0.39, 0.29) is 5.91 Å². The molecule has 4 heteroatoms. The van der Waals surface area contributed by atoms with Crippen molar-refractivity contribution in [2.24, 2.45) is 13.0 Å². The Bertz CT molecular complexity index is 353. The van der Waals surface area contributed by atoms with Crippen molar-refractivity contribution in [1.82, 2.24) is 15.2 Å². The summed E-state index contributed by atoms with van der Waals surface area (Å²) >= 11 is 0. The zero-order valence-corrected chi connectivity index (χ0v) is 9.70. The lowest BCUT2D eigenvalue weighted by Gasteiger charge is -2.09. The quantitative estimate of drug-likeness (QED) is 0.784. The van der Waals surface area contributed by atoms with Gasteiger partial charge in [0.15, 0.2) is 0 Å². The van der Waals surface area contributed by atoms with E-state index in [1.807, 2.05) is 29.9 Å². The normalized spacial score (nSPS) is 19.9. The molecule has 0 spiro atoms. The molecule has 1 unspecified atom stereocenters. The average molecular weight is 221 g/mol. The smallest absolute Gasteiger partial charge is 0.220 e. The van der Waals surface area contributed by atoms with Gasteiger partial charge in [-0.05, 0) is 37.6 Å². The molecule has 0 aromatic carbocycles. The minimum atomic E-state index is 0.162. The Balaban J connectivity index is 1.73. The van der Waals surface area contributed by atoms with Crippen LogP contribution in [-0.2, 0) is 18.4 Å². The van der Waals surface area contributed by atoms with Gasteiger partial charge in [-0.2, -0.15) is 0 Å². The van der Waals surface area contributed by atoms with Crippen LogP contribution in [-0.4, -0.2) is 23.6 Å². The van der Waals surface area contributed by atoms with E-state index in [1.54, 1.807) is 0 Å². The third-order valence-corrected chi connectivity index (χ3v) is 3.15. The zero-order valence-electron chi connectivity index (χ0n) is 9.70. The van der Waals surface area contributed by atoms with E-state index in [1.165, 1.54) is 0 Å². The third-order valence-electron chi connectivity index (χ3n) is 3.15. The second kappa shape index (κ2) is 5.16. The SMILES string of the molecule is Cn1cccc1CNC(=O)CC1CCNC1. The Morgan fingerprint density at radius 1 is 1.69 bits per heavy atom. The fraction of sp³-hybridized carbons (Fsp3) is 0.583. The molecule has 1 fully saturated rings. The summed E-state index contributed by atoms with van der Waals surface area (Å²) in [6, 6.07) is 4.01. The second-order valence-electron chi connectivity index (χ2n) is 4.45. The molecule has 0 saturated carbocycles. The lowest BCUT2D eigenvalue weighted by atomic mass is 10.0. The highest BCUT2D eigenvalue weighted by Gasteiger charge is 2.17. The van der Waals surface area contributed by atoms with Crippen molar-refractivity contribution in [2.75, 3.05) is 13.1 Å². The lowest BCUT2D eigenvalue weighted by Crippen LogP contribution is -2.26. The summed E-state index contributed by atoms with van der Waals surface area (Å²) in [5.74, 6) is 0.684. The standard InChI is InChI=1S/C12H19N3O/c1-15-6-2-3-11(15)9-14-12(16)7-10-4-5-13-8-10/h2-3,6,10,13H,4-5,7-9H2,1H3,(H,14,16). The van der Waals surface area contributed by atoms with Crippen molar-refractivity contribution in [2.45, 2.75) is 19.4 Å². The highest BCUT2D eigenvalue weighted by atomic mass is 16.1. The summed E-state index contributed by atoms with van der Waals surface area (Å²) in [5.41, 5.74) is 1.14. The Morgan fingerprint density at radius 2 is 2.56 bits per heavy atom. The number of amides is 1. The molecular weight excluding hydrogens is 202 g/mol. The number of carbonyl (C=O) groups is 1. The number of aryl methyl sites for hydroxylation is 1. The molecule has 0 radical (unpaired) electrons. The molecule has 88 valence electrons. The molecule has 1 aromatic heterocycles. The molecule has 0 bridgehead atoms. The van der Waals surface area contributed by atoms with Gasteiger partial charge in [0, 0.05) is 25.4 Å². The number of aromatic nitrogens is 1. The molecule has 1 aromatic rings. The summed E-state index contributed by atoms with van der Waals surface area (Å²) in [6.45, 7) is 2.66. The fourth-order valence-corrected chi connectivity index (χ4v) is 2.09. The van der Waals surface area contributed by atoms with Crippen molar-refractivity contribution in [3.8, 4) is 0 Å². The molecule has 1 atom stereocenters. The van der Waals surface area contributed by atoms with Crippen LogP contribution in [0, 0.1) is 5.92 Å². The van der Waals surface area contributed by atoms with Gasteiger partial charge in [-0.15, -0.1) is 0 Å². The number of hydrogen-bond acceptors (Lipinski definition) is 2. The molecule has 2 N–H and O–H groups in total. The topological polar surface area (TPSA) is 46.1 Å². The molecule has 2 rings (SSSR count). The van der Waals surface area contributed by atoms with Gasteiger partial charge in [-0.1, -0.05) is 0 Å². The molecule has 1 amide bonds. The molecule has 16 heavy (non-hydrogen) atoms. The molecule has 1 saturated heterocycles. The maximum Gasteiger partial charge on any atom is 0.220 e. The maximum atomic E-state index is 11.7. The molecule has 2 heterocycles. The van der Waals surface area contributed by atoms with Crippen LogP contribution in [0.15, 0.2) is 18.3 Å². The van der Waals surface area contributed by atoms with Crippen molar-refractivity contribution in [3.05, 3.63) is 24.0 Å². The average Bonchev–Trinajstić information content (AvgIpc) is 2.87. The Hall–Kier alpha value is -1.29. The highest BCUT2D eigenvalue weighted by molar-refractivity contribution is 5.76. The van der Waals surface area contributed by atoms with Gasteiger partial charge in [0.1, 0.15) is 0 Å². The molecular formula is C12H19N3O. The first-order valence-electron chi connectivity index (χ1n) is 5.83. The predicted molar refractivity (Wildman–Crippen MR) is 62.9 cm³/mol. The van der Waals surface area contributed by atoms with E-state index in [4.69, 9.17) is 0 Å². The van der Waals surface area contributed by atoms with Crippen LogP contribution in [0.5, 0.6) is 0 Å². The van der Waals surface area contributed by atoms with E-state index in [0.29, 0.717) is 18.9 Å². The highest BCUT2D eigenvalue weighted by Crippen LogP contribution is 2.11.